The van der Waals surface area contributed by atoms with Crippen LogP contribution in [0.1, 0.15) is 51.0 Å². The minimum absolute atomic E-state index is 0.103. The lowest BCUT2D eigenvalue weighted by atomic mass is 10.0. The van der Waals surface area contributed by atoms with Gasteiger partial charge in [0.2, 0.25) is 5.56 Å². The smallest absolute Gasteiger partial charge is 0.251 e. The molecule has 1 aliphatic rings. The molecule has 176 valence electrons. The number of ether oxygens (including phenoxy) is 1. The number of aryl methyl sites for hydroxylation is 2. The van der Waals surface area contributed by atoms with Crippen LogP contribution in [0.2, 0.25) is 0 Å². The van der Waals surface area contributed by atoms with Crippen LogP contribution in [0.15, 0.2) is 52.5 Å². The SMILES string of the molecule is COc1cc(CNC(=O)c2cc(C3=NOC(c4ccc(=O)n(C)c4)C3)nc(C)c2C)ccc1F. The third-order valence-electron chi connectivity index (χ3n) is 5.87. The van der Waals surface area contributed by atoms with E-state index in [2.05, 4.69) is 15.5 Å². The first-order chi connectivity index (χ1) is 16.3. The van der Waals surface area contributed by atoms with Crippen molar-refractivity contribution in [1.29, 1.82) is 0 Å². The molecule has 3 aromatic rings. The predicted octanol–water partition coefficient (Wildman–Crippen LogP) is 3.34. The van der Waals surface area contributed by atoms with Gasteiger partial charge >= 0.3 is 0 Å². The molecule has 0 fully saturated rings. The van der Waals surface area contributed by atoms with Crippen molar-refractivity contribution in [3.63, 3.8) is 0 Å². The number of methoxy groups -OCH3 is 1. The maximum atomic E-state index is 13.6. The number of rotatable bonds is 6. The van der Waals surface area contributed by atoms with Crippen LogP contribution in [0.3, 0.4) is 0 Å². The molecule has 1 unspecified atom stereocenters. The Kier molecular flexibility index (Phi) is 6.45. The number of halogens is 1. The van der Waals surface area contributed by atoms with Gasteiger partial charge in [-0.25, -0.2) is 4.39 Å². The zero-order valence-corrected chi connectivity index (χ0v) is 19.4. The minimum Gasteiger partial charge on any atom is -0.494 e. The van der Waals surface area contributed by atoms with E-state index in [1.165, 1.54) is 23.8 Å². The number of nitrogens with one attached hydrogen (secondary N) is 1. The summed E-state index contributed by atoms with van der Waals surface area (Å²) >= 11 is 0. The van der Waals surface area contributed by atoms with E-state index in [9.17, 15) is 14.0 Å². The van der Waals surface area contributed by atoms with Crippen molar-refractivity contribution >= 4 is 11.6 Å². The van der Waals surface area contributed by atoms with Crippen molar-refractivity contribution in [2.24, 2.45) is 12.2 Å². The van der Waals surface area contributed by atoms with Crippen LogP contribution < -0.4 is 15.6 Å². The lowest BCUT2D eigenvalue weighted by molar-refractivity contribution is 0.0852. The third kappa shape index (κ3) is 4.68. The molecule has 0 aliphatic carbocycles. The van der Waals surface area contributed by atoms with Gasteiger partial charge in [0.1, 0.15) is 5.71 Å². The molecule has 8 nitrogen and oxygen atoms in total. The second-order valence-corrected chi connectivity index (χ2v) is 8.16. The van der Waals surface area contributed by atoms with E-state index in [0.29, 0.717) is 34.6 Å². The Morgan fingerprint density at radius 3 is 2.79 bits per heavy atom. The van der Waals surface area contributed by atoms with Gasteiger partial charge in [-0.15, -0.1) is 0 Å². The van der Waals surface area contributed by atoms with Gasteiger partial charge in [0.15, 0.2) is 17.7 Å². The summed E-state index contributed by atoms with van der Waals surface area (Å²) in [5.74, 6) is -0.614. The summed E-state index contributed by atoms with van der Waals surface area (Å²) in [5, 5.41) is 7.06. The number of oxime groups is 1. The molecular weight excluding hydrogens is 439 g/mol. The van der Waals surface area contributed by atoms with Crippen LogP contribution in [0.25, 0.3) is 0 Å². The summed E-state index contributed by atoms with van der Waals surface area (Å²) < 4.78 is 20.1. The average molecular weight is 464 g/mol. The van der Waals surface area contributed by atoms with Crippen molar-refractivity contribution in [3.8, 4) is 5.75 Å². The molecule has 1 amide bonds. The minimum atomic E-state index is -0.460. The maximum absolute atomic E-state index is 13.6. The van der Waals surface area contributed by atoms with Crippen LogP contribution in [0.5, 0.6) is 5.75 Å². The number of amides is 1. The molecule has 34 heavy (non-hydrogen) atoms. The second kappa shape index (κ2) is 9.46. The van der Waals surface area contributed by atoms with Gasteiger partial charge in [-0.05, 0) is 49.2 Å². The Morgan fingerprint density at radius 1 is 1.26 bits per heavy atom. The first-order valence-electron chi connectivity index (χ1n) is 10.8. The van der Waals surface area contributed by atoms with E-state index in [0.717, 1.165) is 11.1 Å². The fourth-order valence-corrected chi connectivity index (χ4v) is 3.73. The Bertz CT molecular complexity index is 1350. The fourth-order valence-electron chi connectivity index (χ4n) is 3.73. The molecule has 1 aliphatic heterocycles. The van der Waals surface area contributed by atoms with Crippen LogP contribution in [-0.4, -0.2) is 28.3 Å². The molecule has 1 aromatic carbocycles. The highest BCUT2D eigenvalue weighted by molar-refractivity contribution is 6.03. The number of carbonyl (C=O) groups excluding carboxylic acids is 1. The molecule has 1 atom stereocenters. The quantitative estimate of drug-likeness (QED) is 0.604. The number of aromatic nitrogens is 2. The molecule has 2 aromatic heterocycles. The Hall–Kier alpha value is -4.01. The zero-order valence-electron chi connectivity index (χ0n) is 19.4. The number of hydrogen-bond donors (Lipinski definition) is 1. The summed E-state index contributed by atoms with van der Waals surface area (Å²) in [7, 11) is 3.07. The number of carbonyl (C=O) groups is 1. The molecule has 0 spiro atoms. The van der Waals surface area contributed by atoms with Crippen LogP contribution in [-0.2, 0) is 18.4 Å². The maximum Gasteiger partial charge on any atom is 0.251 e. The molecule has 0 radical (unpaired) electrons. The summed E-state index contributed by atoms with van der Waals surface area (Å²) in [6.45, 7) is 3.88. The Labute approximate surface area is 196 Å². The van der Waals surface area contributed by atoms with Gasteiger partial charge < -0.3 is 19.5 Å². The zero-order chi connectivity index (χ0) is 24.4. The molecule has 0 saturated carbocycles. The van der Waals surface area contributed by atoms with Crippen LogP contribution >= 0.6 is 0 Å². The summed E-state index contributed by atoms with van der Waals surface area (Å²) in [6, 6.07) is 9.37. The first-order valence-corrected chi connectivity index (χ1v) is 10.8. The van der Waals surface area contributed by atoms with Gasteiger partial charge in [-0.2, -0.15) is 0 Å². The molecule has 3 heterocycles. The molecule has 4 rings (SSSR count). The van der Waals surface area contributed by atoms with E-state index >= 15 is 0 Å². The fraction of sp³-hybridized carbons (Fsp3) is 0.280. The van der Waals surface area contributed by atoms with E-state index < -0.39 is 5.82 Å². The Balaban J connectivity index is 1.51. The average Bonchev–Trinajstić information content (AvgIpc) is 3.32. The number of nitrogens with zero attached hydrogens (tertiary/aromatic N) is 3. The normalized spacial score (nSPS) is 15.0. The molecule has 1 N–H and O–H groups in total. The van der Waals surface area contributed by atoms with E-state index in [-0.39, 0.29) is 29.9 Å². The lowest BCUT2D eigenvalue weighted by Crippen LogP contribution is -2.25. The van der Waals surface area contributed by atoms with E-state index in [1.807, 2.05) is 13.8 Å². The van der Waals surface area contributed by atoms with Gasteiger partial charge in [-0.1, -0.05) is 11.2 Å². The summed E-state index contributed by atoms with van der Waals surface area (Å²) in [4.78, 5) is 34.8. The van der Waals surface area contributed by atoms with Gasteiger partial charge in [0, 0.05) is 49.1 Å². The second-order valence-electron chi connectivity index (χ2n) is 8.16. The van der Waals surface area contributed by atoms with Crippen LogP contribution in [0.4, 0.5) is 4.39 Å². The monoisotopic (exact) mass is 464 g/mol. The number of benzene rings is 1. The summed E-state index contributed by atoms with van der Waals surface area (Å²) in [6.07, 6.45) is 1.85. The van der Waals surface area contributed by atoms with Gasteiger partial charge in [0.05, 0.1) is 12.8 Å². The largest absolute Gasteiger partial charge is 0.494 e. The van der Waals surface area contributed by atoms with E-state index in [1.54, 1.807) is 37.5 Å². The molecule has 0 bridgehead atoms. The molecular formula is C25H25FN4O4. The van der Waals surface area contributed by atoms with Crippen molar-refractivity contribution in [3.05, 3.63) is 92.4 Å². The first kappa shape index (κ1) is 23.2. The van der Waals surface area contributed by atoms with Crippen molar-refractivity contribution < 1.29 is 18.8 Å². The number of hydrogen-bond acceptors (Lipinski definition) is 6. The van der Waals surface area contributed by atoms with Gasteiger partial charge in [-0.3, -0.25) is 14.6 Å². The van der Waals surface area contributed by atoms with Crippen molar-refractivity contribution in [2.75, 3.05) is 7.11 Å². The number of pyridine rings is 2. The standard InChI is InChI=1S/C25H25FN4O4/c1-14-15(2)28-20(21-11-22(34-29-21)17-6-8-24(31)30(3)13-17)10-18(14)25(32)27-12-16-5-7-19(26)23(9-16)33-4/h5-10,13,22H,11-12H2,1-4H3,(H,27,32). The molecule has 9 heteroatoms. The highest BCUT2D eigenvalue weighted by Crippen LogP contribution is 2.29. The predicted molar refractivity (Wildman–Crippen MR) is 124 cm³/mol. The molecule has 0 saturated heterocycles. The highest BCUT2D eigenvalue weighted by atomic mass is 19.1. The lowest BCUT2D eigenvalue weighted by Gasteiger charge is -2.12. The third-order valence-corrected chi connectivity index (χ3v) is 5.87. The van der Waals surface area contributed by atoms with Crippen molar-refractivity contribution in [1.82, 2.24) is 14.9 Å². The van der Waals surface area contributed by atoms with Crippen molar-refractivity contribution in [2.45, 2.75) is 32.9 Å². The van der Waals surface area contributed by atoms with Crippen LogP contribution in [0, 0.1) is 19.7 Å². The topological polar surface area (TPSA) is 94.8 Å². The van der Waals surface area contributed by atoms with Gasteiger partial charge in [0.25, 0.3) is 5.91 Å². The Morgan fingerprint density at radius 2 is 2.06 bits per heavy atom. The van der Waals surface area contributed by atoms with E-state index in [4.69, 9.17) is 9.57 Å². The highest BCUT2D eigenvalue weighted by Gasteiger charge is 2.26. The summed E-state index contributed by atoms with van der Waals surface area (Å²) in [5.41, 5.74) is 4.56.